The second kappa shape index (κ2) is 8.69. The minimum Gasteiger partial charge on any atom is -0.456 e. The van der Waals surface area contributed by atoms with Crippen LogP contribution >= 0.6 is 0 Å². The van der Waals surface area contributed by atoms with E-state index in [1.54, 1.807) is 6.20 Å². The van der Waals surface area contributed by atoms with Crippen LogP contribution in [0.3, 0.4) is 0 Å². The lowest BCUT2D eigenvalue weighted by Gasteiger charge is -2.12. The summed E-state index contributed by atoms with van der Waals surface area (Å²) >= 11 is 0. The molecule has 0 aliphatic heterocycles. The Kier molecular flexibility index (Phi) is 4.85. The minimum atomic E-state index is 0.426. The first-order chi connectivity index (χ1) is 19.8. The Morgan fingerprint density at radius 3 is 2.30 bits per heavy atom. The van der Waals surface area contributed by atoms with E-state index in [0.717, 1.165) is 60.9 Å². The zero-order valence-corrected chi connectivity index (χ0v) is 21.4. The highest BCUT2D eigenvalue weighted by molar-refractivity contribution is 6.24. The molecule has 0 amide bonds. The van der Waals surface area contributed by atoms with Crippen LogP contribution in [0.2, 0.25) is 0 Å². The lowest BCUT2D eigenvalue weighted by atomic mass is 9.98. The summed E-state index contributed by atoms with van der Waals surface area (Å²) in [5.74, 6) is 0. The highest BCUT2D eigenvalue weighted by Gasteiger charge is 2.19. The molecule has 0 N–H and O–H groups in total. The van der Waals surface area contributed by atoms with Crippen molar-refractivity contribution in [1.82, 2.24) is 9.55 Å². The molecule has 5 aromatic carbocycles. The van der Waals surface area contributed by atoms with Crippen LogP contribution < -0.4 is 0 Å². The number of rotatable bonds is 3. The Bertz CT molecular complexity index is 2300. The third-order valence-electron chi connectivity index (χ3n) is 7.70. The van der Waals surface area contributed by atoms with E-state index in [0.29, 0.717) is 5.69 Å². The average molecular weight is 512 g/mol. The van der Waals surface area contributed by atoms with E-state index in [1.165, 1.54) is 10.8 Å². The normalized spacial score (nSPS) is 11.5. The van der Waals surface area contributed by atoms with E-state index in [1.807, 2.05) is 36.4 Å². The Hall–Kier alpha value is -5.66. The number of aromatic nitrogens is 2. The molecule has 8 aromatic rings. The van der Waals surface area contributed by atoms with E-state index < -0.39 is 0 Å². The van der Waals surface area contributed by atoms with Crippen LogP contribution in [0.1, 0.15) is 5.69 Å². The van der Waals surface area contributed by atoms with Crippen molar-refractivity contribution in [2.24, 2.45) is 0 Å². The van der Waals surface area contributed by atoms with Crippen LogP contribution in [0.4, 0.5) is 0 Å². The molecule has 0 radical (unpaired) electrons. The van der Waals surface area contributed by atoms with Crippen LogP contribution in [-0.2, 0) is 0 Å². The smallest absolute Gasteiger partial charge is 0.148 e. The van der Waals surface area contributed by atoms with Gasteiger partial charge >= 0.3 is 0 Å². The zero-order valence-electron chi connectivity index (χ0n) is 21.4. The molecule has 4 nitrogen and oxygen atoms in total. The Balaban J connectivity index is 1.39. The van der Waals surface area contributed by atoms with E-state index in [4.69, 9.17) is 4.42 Å². The lowest BCUT2D eigenvalue weighted by Crippen LogP contribution is -1.95. The first-order valence-corrected chi connectivity index (χ1v) is 13.2. The molecule has 40 heavy (non-hydrogen) atoms. The number of benzene rings is 5. The SMILES string of the molecule is N#Cc1ncccc1-c1cccc(-c2cccc(-n3c4ccccc4c4ccc5oc6ccccc6c5c43)c2)c1. The number of fused-ring (bicyclic) bond motifs is 7. The molecule has 186 valence electrons. The van der Waals surface area contributed by atoms with Gasteiger partial charge in [0.15, 0.2) is 0 Å². The standard InChI is InChI=1S/C36H21N3O/c37-22-31-27(14-7-19-38-31)25-10-5-8-23(20-25)24-9-6-11-26(21-24)39-32-15-3-1-12-28(32)29-17-18-34-35(36(29)39)30-13-2-4-16-33(30)40-34/h1-21H. The van der Waals surface area contributed by atoms with Gasteiger partial charge in [-0.25, -0.2) is 4.98 Å². The first kappa shape index (κ1) is 22.3. The van der Waals surface area contributed by atoms with Crippen LogP contribution in [0.15, 0.2) is 132 Å². The van der Waals surface area contributed by atoms with Crippen molar-refractivity contribution >= 4 is 43.7 Å². The quantitative estimate of drug-likeness (QED) is 0.237. The van der Waals surface area contributed by atoms with Crippen molar-refractivity contribution in [3.63, 3.8) is 0 Å². The van der Waals surface area contributed by atoms with Crippen molar-refractivity contribution in [3.8, 4) is 34.0 Å². The van der Waals surface area contributed by atoms with Gasteiger partial charge in [-0.1, -0.05) is 66.7 Å². The molecule has 0 fully saturated rings. The van der Waals surface area contributed by atoms with Gasteiger partial charge in [-0.15, -0.1) is 0 Å². The molecule has 0 spiro atoms. The predicted octanol–water partition coefficient (Wildman–Crippen LogP) is 9.28. The first-order valence-electron chi connectivity index (χ1n) is 13.2. The molecular weight excluding hydrogens is 490 g/mol. The summed E-state index contributed by atoms with van der Waals surface area (Å²) in [5.41, 5.74) is 9.53. The van der Waals surface area contributed by atoms with Gasteiger partial charge in [0.05, 0.1) is 16.4 Å². The molecule has 0 saturated heterocycles. The molecule has 3 aromatic heterocycles. The summed E-state index contributed by atoms with van der Waals surface area (Å²) in [6, 6.07) is 44.0. The van der Waals surface area contributed by atoms with E-state index in [-0.39, 0.29) is 0 Å². The van der Waals surface area contributed by atoms with Gasteiger partial charge in [0.1, 0.15) is 22.9 Å². The summed E-state index contributed by atoms with van der Waals surface area (Å²) in [5, 5.41) is 14.2. The molecule has 8 rings (SSSR count). The third kappa shape index (κ3) is 3.28. The molecular formula is C36H21N3O. The number of nitriles is 1. The zero-order chi connectivity index (χ0) is 26.6. The summed E-state index contributed by atoms with van der Waals surface area (Å²) < 4.78 is 8.63. The number of nitrogens with zero attached hydrogens (tertiary/aromatic N) is 3. The van der Waals surface area contributed by atoms with Crippen molar-refractivity contribution < 1.29 is 4.42 Å². The molecule has 3 heterocycles. The largest absolute Gasteiger partial charge is 0.456 e. The second-order valence-electron chi connectivity index (χ2n) is 9.93. The van der Waals surface area contributed by atoms with Gasteiger partial charge in [-0.2, -0.15) is 5.26 Å². The molecule has 0 atom stereocenters. The summed E-state index contributed by atoms with van der Waals surface area (Å²) in [7, 11) is 0. The summed E-state index contributed by atoms with van der Waals surface area (Å²) in [6.07, 6.45) is 1.65. The van der Waals surface area contributed by atoms with Gasteiger partial charge in [0.25, 0.3) is 0 Å². The number of furan rings is 1. The molecule has 4 heteroatoms. The van der Waals surface area contributed by atoms with Gasteiger partial charge in [0.2, 0.25) is 0 Å². The van der Waals surface area contributed by atoms with Crippen molar-refractivity contribution in [2.45, 2.75) is 0 Å². The topological polar surface area (TPSA) is 54.8 Å². The lowest BCUT2D eigenvalue weighted by molar-refractivity contribution is 0.669. The molecule has 0 unspecified atom stereocenters. The maximum absolute atomic E-state index is 9.58. The van der Waals surface area contributed by atoms with Crippen LogP contribution in [0.25, 0.3) is 71.7 Å². The fourth-order valence-corrected chi connectivity index (χ4v) is 5.95. The number of hydrogen-bond acceptors (Lipinski definition) is 3. The highest BCUT2D eigenvalue weighted by atomic mass is 16.3. The average Bonchev–Trinajstić information content (AvgIpc) is 3.57. The van der Waals surface area contributed by atoms with Crippen molar-refractivity contribution in [3.05, 3.63) is 133 Å². The van der Waals surface area contributed by atoms with Crippen LogP contribution in [0.5, 0.6) is 0 Å². The summed E-state index contributed by atoms with van der Waals surface area (Å²) in [6.45, 7) is 0. The molecule has 0 aliphatic rings. The van der Waals surface area contributed by atoms with Crippen molar-refractivity contribution in [2.75, 3.05) is 0 Å². The maximum Gasteiger partial charge on any atom is 0.148 e. The van der Waals surface area contributed by atoms with E-state index in [2.05, 4.69) is 101 Å². The predicted molar refractivity (Wildman–Crippen MR) is 161 cm³/mol. The van der Waals surface area contributed by atoms with E-state index >= 15 is 0 Å². The van der Waals surface area contributed by atoms with Gasteiger partial charge in [0, 0.05) is 33.6 Å². The minimum absolute atomic E-state index is 0.426. The second-order valence-corrected chi connectivity index (χ2v) is 9.93. The fraction of sp³-hybridized carbons (Fsp3) is 0. The molecule has 0 aliphatic carbocycles. The number of hydrogen-bond donors (Lipinski definition) is 0. The Morgan fingerprint density at radius 1 is 0.625 bits per heavy atom. The molecule has 0 bridgehead atoms. The Labute approximate surface area is 230 Å². The Morgan fingerprint density at radius 2 is 1.40 bits per heavy atom. The highest BCUT2D eigenvalue weighted by Crippen LogP contribution is 2.41. The van der Waals surface area contributed by atoms with Gasteiger partial charge in [-0.3, -0.25) is 0 Å². The third-order valence-corrected chi connectivity index (χ3v) is 7.70. The number of para-hydroxylation sites is 2. The van der Waals surface area contributed by atoms with E-state index in [9.17, 15) is 5.26 Å². The summed E-state index contributed by atoms with van der Waals surface area (Å²) in [4.78, 5) is 4.25. The van der Waals surface area contributed by atoms with Gasteiger partial charge < -0.3 is 8.98 Å². The van der Waals surface area contributed by atoms with Crippen LogP contribution in [0, 0.1) is 11.3 Å². The maximum atomic E-state index is 9.58. The van der Waals surface area contributed by atoms with Crippen molar-refractivity contribution in [1.29, 1.82) is 5.26 Å². The molecule has 0 saturated carbocycles. The van der Waals surface area contributed by atoms with Gasteiger partial charge in [-0.05, 0) is 71.3 Å². The van der Waals surface area contributed by atoms with Crippen LogP contribution in [-0.4, -0.2) is 9.55 Å². The monoisotopic (exact) mass is 511 g/mol. The number of pyridine rings is 1. The fourth-order valence-electron chi connectivity index (χ4n) is 5.95.